The minimum Gasteiger partial charge on any atom is -0.508 e. The van der Waals surface area contributed by atoms with Crippen molar-refractivity contribution in [3.63, 3.8) is 0 Å². The van der Waals surface area contributed by atoms with E-state index in [-0.39, 0.29) is 5.75 Å². The molecule has 8 nitrogen and oxygen atoms in total. The van der Waals surface area contributed by atoms with E-state index in [0.717, 1.165) is 0 Å². The van der Waals surface area contributed by atoms with Crippen molar-refractivity contribution >= 4 is 12.2 Å². The van der Waals surface area contributed by atoms with Crippen LogP contribution in [0.25, 0.3) is 0 Å². The van der Waals surface area contributed by atoms with E-state index in [1.54, 1.807) is 17.6 Å². The molecular formula is C8H9N5O3. The van der Waals surface area contributed by atoms with Gasteiger partial charge in [-0.1, -0.05) is 5.43 Å². The van der Waals surface area contributed by atoms with Crippen molar-refractivity contribution in [2.24, 2.45) is 15.9 Å². The Balaban J connectivity index is 2.60. The summed E-state index contributed by atoms with van der Waals surface area (Å²) in [5.74, 6) is -0.282. The Labute approximate surface area is 90.2 Å². The second-order valence-corrected chi connectivity index (χ2v) is 2.69. The van der Waals surface area contributed by atoms with Gasteiger partial charge in [-0.05, 0) is 29.8 Å². The second kappa shape index (κ2) is 5.29. The molecule has 0 radical (unpaired) electrons. The highest BCUT2D eigenvalue weighted by molar-refractivity contribution is 5.81. The van der Waals surface area contributed by atoms with Crippen LogP contribution in [0.4, 0.5) is 0 Å². The van der Waals surface area contributed by atoms with E-state index < -0.39 is 11.0 Å². The summed E-state index contributed by atoms with van der Waals surface area (Å²) in [5, 5.41) is 24.9. The van der Waals surface area contributed by atoms with Crippen LogP contribution in [0.3, 0.4) is 0 Å². The van der Waals surface area contributed by atoms with E-state index in [9.17, 15) is 10.1 Å². The summed E-state index contributed by atoms with van der Waals surface area (Å²) in [5.41, 5.74) is 7.42. The van der Waals surface area contributed by atoms with Crippen molar-refractivity contribution < 1.29 is 10.1 Å². The van der Waals surface area contributed by atoms with Crippen molar-refractivity contribution in [3.8, 4) is 5.75 Å². The number of guanidine groups is 1. The van der Waals surface area contributed by atoms with Gasteiger partial charge in [-0.25, -0.2) is 10.1 Å². The molecule has 0 aliphatic heterocycles. The van der Waals surface area contributed by atoms with Crippen LogP contribution in [0.15, 0.2) is 34.5 Å². The first-order chi connectivity index (χ1) is 7.58. The maximum Gasteiger partial charge on any atom is 0.275 e. The van der Waals surface area contributed by atoms with Gasteiger partial charge in [-0.2, -0.15) is 5.10 Å². The van der Waals surface area contributed by atoms with Gasteiger partial charge in [0.15, 0.2) is 5.03 Å². The Kier molecular flexibility index (Phi) is 3.78. The minimum atomic E-state index is -0.838. The monoisotopic (exact) mass is 223 g/mol. The quantitative estimate of drug-likeness (QED) is 0.283. The molecule has 0 heterocycles. The Hall–Kier alpha value is -2.64. The van der Waals surface area contributed by atoms with Crippen molar-refractivity contribution in [1.82, 2.24) is 5.43 Å². The number of benzene rings is 1. The summed E-state index contributed by atoms with van der Waals surface area (Å²) in [6, 6.07) is 6.16. The average Bonchev–Trinajstić information content (AvgIpc) is 2.20. The van der Waals surface area contributed by atoms with E-state index in [1.165, 1.54) is 18.3 Å². The molecule has 0 saturated carbocycles. The third-order valence-electron chi connectivity index (χ3n) is 1.47. The zero-order valence-corrected chi connectivity index (χ0v) is 8.07. The fraction of sp³-hybridized carbons (Fsp3) is 0. The Morgan fingerprint density at radius 2 is 2.12 bits per heavy atom. The molecule has 4 N–H and O–H groups in total. The molecule has 0 aliphatic carbocycles. The first kappa shape index (κ1) is 11.4. The standard InChI is InChI=1S/C8H9N5O3/c9-8(12-13(15)16)11-10-5-6-1-3-7(14)4-2-6/h1-5,14H,(H3,9,11,12)/b10-5+. The van der Waals surface area contributed by atoms with Crippen LogP contribution in [-0.2, 0) is 0 Å². The predicted octanol–water partition coefficient (Wildman–Crippen LogP) is -0.178. The lowest BCUT2D eigenvalue weighted by Crippen LogP contribution is -2.35. The largest absolute Gasteiger partial charge is 0.508 e. The molecule has 8 heteroatoms. The molecule has 0 atom stereocenters. The van der Waals surface area contributed by atoms with Gasteiger partial charge in [-0.3, -0.25) is 0 Å². The number of rotatable bonds is 3. The van der Waals surface area contributed by atoms with E-state index in [2.05, 4.69) is 10.2 Å². The molecule has 0 aromatic heterocycles. The van der Waals surface area contributed by atoms with Crippen LogP contribution in [0.5, 0.6) is 5.75 Å². The molecule has 1 aromatic rings. The Bertz CT molecular complexity index is 426. The third-order valence-corrected chi connectivity index (χ3v) is 1.47. The van der Waals surface area contributed by atoms with Crippen molar-refractivity contribution in [2.75, 3.05) is 0 Å². The summed E-state index contributed by atoms with van der Waals surface area (Å²) in [7, 11) is 0. The third kappa shape index (κ3) is 4.05. The number of nitro groups is 1. The summed E-state index contributed by atoms with van der Waals surface area (Å²) in [6.45, 7) is 0. The molecule has 16 heavy (non-hydrogen) atoms. The molecule has 0 aliphatic rings. The maximum atomic E-state index is 9.93. The van der Waals surface area contributed by atoms with Crippen LogP contribution in [0.2, 0.25) is 0 Å². The molecule has 0 amide bonds. The first-order valence-electron chi connectivity index (χ1n) is 4.14. The highest BCUT2D eigenvalue weighted by Gasteiger charge is 1.96. The molecule has 84 valence electrons. The molecule has 1 rings (SSSR count). The number of hydrogen-bond acceptors (Lipinski definition) is 5. The van der Waals surface area contributed by atoms with Gasteiger partial charge >= 0.3 is 0 Å². The van der Waals surface area contributed by atoms with Crippen LogP contribution in [0.1, 0.15) is 5.56 Å². The molecular weight excluding hydrogens is 214 g/mol. The number of hydrogen-bond donors (Lipinski definition) is 3. The van der Waals surface area contributed by atoms with Gasteiger partial charge in [0, 0.05) is 0 Å². The molecule has 0 spiro atoms. The summed E-state index contributed by atoms with van der Waals surface area (Å²) in [6.07, 6.45) is 1.34. The normalized spacial score (nSPS) is 11.6. The van der Waals surface area contributed by atoms with Gasteiger partial charge in [-0.15, -0.1) is 5.10 Å². The predicted molar refractivity (Wildman–Crippen MR) is 57.5 cm³/mol. The molecule has 0 bridgehead atoms. The zero-order chi connectivity index (χ0) is 12.0. The summed E-state index contributed by atoms with van der Waals surface area (Å²) >= 11 is 0. The lowest BCUT2D eigenvalue weighted by atomic mass is 10.2. The van der Waals surface area contributed by atoms with E-state index in [4.69, 9.17) is 10.8 Å². The van der Waals surface area contributed by atoms with Gasteiger partial charge in [0.05, 0.1) is 6.21 Å². The highest BCUT2D eigenvalue weighted by Crippen LogP contribution is 2.07. The number of phenolic OH excluding ortho intramolecular Hbond substituents is 1. The molecule has 0 unspecified atom stereocenters. The van der Waals surface area contributed by atoms with Gasteiger partial charge in [0.25, 0.3) is 5.96 Å². The molecule has 1 aromatic carbocycles. The zero-order valence-electron chi connectivity index (χ0n) is 8.07. The van der Waals surface area contributed by atoms with Gasteiger partial charge in [0.1, 0.15) is 5.75 Å². The lowest BCUT2D eigenvalue weighted by Gasteiger charge is -1.93. The van der Waals surface area contributed by atoms with Crippen LogP contribution in [-0.4, -0.2) is 22.3 Å². The van der Waals surface area contributed by atoms with Crippen LogP contribution < -0.4 is 11.2 Å². The number of nitrogens with one attached hydrogen (secondary N) is 1. The highest BCUT2D eigenvalue weighted by atomic mass is 16.7. The van der Waals surface area contributed by atoms with Crippen molar-refractivity contribution in [3.05, 3.63) is 39.9 Å². The minimum absolute atomic E-state index is 0.134. The maximum absolute atomic E-state index is 9.93. The average molecular weight is 223 g/mol. The van der Waals surface area contributed by atoms with E-state index in [1.807, 2.05) is 0 Å². The van der Waals surface area contributed by atoms with Crippen molar-refractivity contribution in [1.29, 1.82) is 0 Å². The Morgan fingerprint density at radius 3 is 2.69 bits per heavy atom. The Morgan fingerprint density at radius 1 is 1.50 bits per heavy atom. The smallest absolute Gasteiger partial charge is 0.275 e. The number of aromatic hydroxyl groups is 1. The summed E-state index contributed by atoms with van der Waals surface area (Å²) in [4.78, 5) is 9.93. The number of nitrogens with two attached hydrogens (primary N) is 1. The van der Waals surface area contributed by atoms with E-state index >= 15 is 0 Å². The van der Waals surface area contributed by atoms with E-state index in [0.29, 0.717) is 5.56 Å². The summed E-state index contributed by atoms with van der Waals surface area (Å²) < 4.78 is 0. The first-order valence-corrected chi connectivity index (χ1v) is 4.14. The molecule has 0 fully saturated rings. The fourth-order valence-corrected chi connectivity index (χ4v) is 0.834. The molecule has 0 saturated heterocycles. The lowest BCUT2D eigenvalue weighted by molar-refractivity contribution is -0.525. The fourth-order valence-electron chi connectivity index (χ4n) is 0.834. The van der Waals surface area contributed by atoms with Crippen molar-refractivity contribution in [2.45, 2.75) is 0 Å². The topological polar surface area (TPSA) is 126 Å². The SMILES string of the molecule is N/C(=N\N=C\c1ccc(O)cc1)N[N+](=O)[O-]. The number of nitrogens with zero attached hydrogens (tertiary/aromatic N) is 3. The second-order valence-electron chi connectivity index (χ2n) is 2.69. The van der Waals surface area contributed by atoms with Gasteiger partial charge < -0.3 is 10.8 Å². The van der Waals surface area contributed by atoms with Crippen LogP contribution in [0, 0.1) is 10.1 Å². The number of phenols is 1. The van der Waals surface area contributed by atoms with Gasteiger partial charge in [0.2, 0.25) is 0 Å². The van der Waals surface area contributed by atoms with Crippen LogP contribution >= 0.6 is 0 Å². The number of hydrazine groups is 1.